The average Bonchev–Trinajstić information content (AvgIpc) is 2.56. The Labute approximate surface area is 137 Å². The van der Waals surface area contributed by atoms with E-state index in [4.69, 9.17) is 0 Å². The van der Waals surface area contributed by atoms with Gasteiger partial charge in [0.05, 0.1) is 6.54 Å². The summed E-state index contributed by atoms with van der Waals surface area (Å²) in [7, 11) is 0. The number of rotatable bonds is 5. The van der Waals surface area contributed by atoms with Crippen LogP contribution in [0.5, 0.6) is 0 Å². The van der Waals surface area contributed by atoms with E-state index in [0.717, 1.165) is 23.2 Å². The number of alkyl halides is 1. The number of halogens is 1. The predicted molar refractivity (Wildman–Crippen MR) is 90.7 cm³/mol. The van der Waals surface area contributed by atoms with Gasteiger partial charge in [0.15, 0.2) is 5.78 Å². The first kappa shape index (κ1) is 17.6. The van der Waals surface area contributed by atoms with E-state index in [-0.39, 0.29) is 11.7 Å². The fraction of sp³-hybridized carbons (Fsp3) is 0.579. The highest BCUT2D eigenvalue weighted by Crippen LogP contribution is 2.27. The van der Waals surface area contributed by atoms with Crippen molar-refractivity contribution in [2.75, 3.05) is 0 Å². The first-order chi connectivity index (χ1) is 11.0. The zero-order valence-corrected chi connectivity index (χ0v) is 14.4. The van der Waals surface area contributed by atoms with Gasteiger partial charge in [0.1, 0.15) is 11.7 Å². The minimum atomic E-state index is -0.724. The van der Waals surface area contributed by atoms with Crippen molar-refractivity contribution < 1.29 is 9.18 Å². The average molecular weight is 318 g/mol. The van der Waals surface area contributed by atoms with Crippen LogP contribution in [0.1, 0.15) is 52.0 Å². The normalized spacial score (nSPS) is 23.1. The number of hydrogen-bond donors (Lipinski definition) is 0. The summed E-state index contributed by atoms with van der Waals surface area (Å²) in [5, 5.41) is 0. The van der Waals surface area contributed by atoms with Crippen LogP contribution in [-0.4, -0.2) is 16.5 Å². The monoisotopic (exact) mass is 318 g/mol. The van der Waals surface area contributed by atoms with Gasteiger partial charge in [-0.2, -0.15) is 0 Å². The smallest absolute Gasteiger partial charge is 0.155 e. The molecule has 1 saturated carbocycles. The molecule has 1 heterocycles. The molecule has 0 aliphatic heterocycles. The van der Waals surface area contributed by atoms with Crippen LogP contribution in [-0.2, 0) is 17.8 Å². The number of Topliss-reactive ketones (excluding diaryl/α,β-unsaturated/α-hetero) is 1. The molecule has 23 heavy (non-hydrogen) atoms. The summed E-state index contributed by atoms with van der Waals surface area (Å²) >= 11 is 0. The summed E-state index contributed by atoms with van der Waals surface area (Å²) in [5.41, 5.74) is 2.93. The van der Waals surface area contributed by atoms with E-state index in [1.165, 1.54) is 0 Å². The van der Waals surface area contributed by atoms with E-state index >= 15 is 0 Å². The second kappa shape index (κ2) is 8.23. The van der Waals surface area contributed by atoms with Crippen LogP contribution in [0.2, 0.25) is 0 Å². The van der Waals surface area contributed by atoms with Crippen molar-refractivity contribution in [3.05, 3.63) is 41.2 Å². The maximum Gasteiger partial charge on any atom is 0.155 e. The van der Waals surface area contributed by atoms with E-state index in [0.29, 0.717) is 32.2 Å². The van der Waals surface area contributed by atoms with Crippen molar-refractivity contribution in [3.63, 3.8) is 0 Å². The Morgan fingerprint density at radius 2 is 2.09 bits per heavy atom. The molecule has 0 atom stereocenters. The van der Waals surface area contributed by atoms with E-state index in [9.17, 15) is 9.18 Å². The molecule has 0 saturated heterocycles. The molecule has 126 valence electrons. The summed E-state index contributed by atoms with van der Waals surface area (Å²) in [6, 6.07) is 4.02. The molecule has 1 aliphatic rings. The Kier molecular flexibility index (Phi) is 6.31. The van der Waals surface area contributed by atoms with Crippen molar-refractivity contribution in [1.82, 2.24) is 4.57 Å². The number of nitrogens with zero attached hydrogens (tertiary/aromatic N) is 2. The fourth-order valence-electron chi connectivity index (χ4n) is 3.04. The first-order valence-electron chi connectivity index (χ1n) is 8.57. The van der Waals surface area contributed by atoms with Gasteiger partial charge >= 0.3 is 0 Å². The number of carbonyl (C=O) groups is 1. The highest BCUT2D eigenvalue weighted by atomic mass is 19.1. The zero-order valence-electron chi connectivity index (χ0n) is 14.4. The van der Waals surface area contributed by atoms with Gasteiger partial charge < -0.3 is 4.57 Å². The maximum atomic E-state index is 13.3. The molecule has 0 N–H and O–H groups in total. The summed E-state index contributed by atoms with van der Waals surface area (Å²) in [6.45, 7) is 6.33. The van der Waals surface area contributed by atoms with E-state index in [2.05, 4.69) is 18.0 Å². The maximum absolute atomic E-state index is 13.3. The summed E-state index contributed by atoms with van der Waals surface area (Å²) in [4.78, 5) is 17.3. The van der Waals surface area contributed by atoms with Crippen LogP contribution in [0.4, 0.5) is 4.39 Å². The quantitative estimate of drug-likeness (QED) is 0.809. The second-order valence-corrected chi connectivity index (χ2v) is 6.30. The van der Waals surface area contributed by atoms with Gasteiger partial charge in [-0.25, -0.2) is 9.38 Å². The minimum Gasteiger partial charge on any atom is -0.325 e. The summed E-state index contributed by atoms with van der Waals surface area (Å²) < 4.78 is 15.2. The van der Waals surface area contributed by atoms with Crippen molar-refractivity contribution in [1.29, 1.82) is 0 Å². The van der Waals surface area contributed by atoms with Crippen LogP contribution in [0.15, 0.2) is 35.1 Å². The molecule has 0 aromatic carbocycles. The van der Waals surface area contributed by atoms with Gasteiger partial charge in [0, 0.05) is 17.8 Å². The minimum absolute atomic E-state index is 0.00422. The summed E-state index contributed by atoms with van der Waals surface area (Å²) in [5.74, 6) is 0.195. The molecule has 0 radical (unpaired) electrons. The third-order valence-electron chi connectivity index (χ3n) is 4.64. The Bertz CT molecular complexity index is 637. The number of carbonyl (C=O) groups excluding carboxylic acids is 1. The van der Waals surface area contributed by atoms with Gasteiger partial charge in [0.25, 0.3) is 0 Å². The van der Waals surface area contributed by atoms with Gasteiger partial charge in [-0.1, -0.05) is 19.1 Å². The van der Waals surface area contributed by atoms with Gasteiger partial charge in [-0.15, -0.1) is 0 Å². The van der Waals surface area contributed by atoms with Crippen molar-refractivity contribution >= 4 is 5.78 Å². The van der Waals surface area contributed by atoms with E-state index in [1.807, 2.05) is 36.8 Å². The molecule has 4 heteroatoms. The SMILES string of the molecule is C/C=C(\C)N=c1c(CC)cccn1CC(=O)C1CCC(F)CC1. The lowest BCUT2D eigenvalue weighted by Crippen LogP contribution is -2.32. The number of aryl methyl sites for hydroxylation is 1. The van der Waals surface area contributed by atoms with Crippen LogP contribution in [0.3, 0.4) is 0 Å². The lowest BCUT2D eigenvalue weighted by molar-refractivity contribution is -0.124. The molecule has 1 aromatic heterocycles. The Balaban J connectivity index is 2.26. The highest BCUT2D eigenvalue weighted by molar-refractivity contribution is 5.80. The number of hydrogen-bond acceptors (Lipinski definition) is 2. The van der Waals surface area contributed by atoms with Crippen molar-refractivity contribution in [2.24, 2.45) is 10.9 Å². The third kappa shape index (κ3) is 4.63. The van der Waals surface area contributed by atoms with Crippen molar-refractivity contribution in [3.8, 4) is 0 Å². The second-order valence-electron chi connectivity index (χ2n) is 6.30. The number of ketones is 1. The molecule has 0 amide bonds. The van der Waals surface area contributed by atoms with Crippen molar-refractivity contribution in [2.45, 2.75) is 65.6 Å². The largest absolute Gasteiger partial charge is 0.325 e. The topological polar surface area (TPSA) is 34.4 Å². The van der Waals surface area contributed by atoms with Gasteiger partial charge in [-0.3, -0.25) is 4.79 Å². The van der Waals surface area contributed by atoms with Gasteiger partial charge in [0.2, 0.25) is 0 Å². The van der Waals surface area contributed by atoms with Crippen LogP contribution in [0.25, 0.3) is 0 Å². The lowest BCUT2D eigenvalue weighted by Gasteiger charge is -2.23. The predicted octanol–water partition coefficient (Wildman–Crippen LogP) is 3.97. The first-order valence-corrected chi connectivity index (χ1v) is 8.57. The fourth-order valence-corrected chi connectivity index (χ4v) is 3.04. The molecule has 0 bridgehead atoms. The number of pyridine rings is 1. The Hall–Kier alpha value is -1.71. The molecule has 0 spiro atoms. The number of allylic oxidation sites excluding steroid dienone is 2. The molecule has 0 unspecified atom stereocenters. The highest BCUT2D eigenvalue weighted by Gasteiger charge is 2.26. The Morgan fingerprint density at radius 1 is 1.39 bits per heavy atom. The van der Waals surface area contributed by atoms with Crippen LogP contribution >= 0.6 is 0 Å². The summed E-state index contributed by atoms with van der Waals surface area (Å²) in [6.07, 6.45) is 6.41. The lowest BCUT2D eigenvalue weighted by atomic mass is 9.85. The molecule has 3 nitrogen and oxygen atoms in total. The van der Waals surface area contributed by atoms with Crippen LogP contribution < -0.4 is 5.49 Å². The zero-order chi connectivity index (χ0) is 16.8. The van der Waals surface area contributed by atoms with Gasteiger partial charge in [-0.05, 0) is 57.6 Å². The Morgan fingerprint density at radius 3 is 2.70 bits per heavy atom. The van der Waals surface area contributed by atoms with E-state index in [1.54, 1.807) is 0 Å². The van der Waals surface area contributed by atoms with Crippen LogP contribution in [0, 0.1) is 5.92 Å². The van der Waals surface area contributed by atoms with E-state index < -0.39 is 6.17 Å². The molecule has 2 rings (SSSR count). The molecular formula is C19H27FN2O. The molecule has 1 fully saturated rings. The third-order valence-corrected chi connectivity index (χ3v) is 4.64. The molecular weight excluding hydrogens is 291 g/mol. The molecule has 1 aromatic rings. The standard InChI is InChI=1S/C19H27FN2O/c1-4-14(3)21-19-15(5-2)7-6-12-22(19)13-18(23)16-8-10-17(20)11-9-16/h4,6-7,12,16-17H,5,8-11,13H2,1-3H3/b14-4+,21-19?. The number of aromatic nitrogens is 1. The molecule has 1 aliphatic carbocycles.